The molecule has 2 aromatic carbocycles. The molecule has 0 unspecified atom stereocenters. The highest BCUT2D eigenvalue weighted by Gasteiger charge is 2.37. The first-order chi connectivity index (χ1) is 13.0. The van der Waals surface area contributed by atoms with Crippen molar-refractivity contribution in [2.45, 2.75) is 18.2 Å². The van der Waals surface area contributed by atoms with Gasteiger partial charge in [-0.05, 0) is 48.9 Å². The summed E-state index contributed by atoms with van der Waals surface area (Å²) in [6.07, 6.45) is -0.116. The molecule has 28 heavy (non-hydrogen) atoms. The van der Waals surface area contributed by atoms with Crippen LogP contribution in [0.3, 0.4) is 0 Å². The molecule has 0 radical (unpaired) electrons. The van der Waals surface area contributed by atoms with Crippen molar-refractivity contribution < 1.29 is 21.6 Å². The number of aryl methyl sites for hydroxylation is 1. The zero-order valence-corrected chi connectivity index (χ0v) is 17.3. The highest BCUT2D eigenvalue weighted by molar-refractivity contribution is 7.94. The van der Waals surface area contributed by atoms with Gasteiger partial charge in [-0.1, -0.05) is 6.07 Å². The molecule has 0 aliphatic carbocycles. The zero-order valence-electron chi connectivity index (χ0n) is 15.7. The van der Waals surface area contributed by atoms with Gasteiger partial charge < -0.3 is 4.90 Å². The van der Waals surface area contributed by atoms with Crippen molar-refractivity contribution >= 4 is 43.0 Å². The van der Waals surface area contributed by atoms with E-state index in [1.54, 1.807) is 31.2 Å². The van der Waals surface area contributed by atoms with E-state index in [-0.39, 0.29) is 22.8 Å². The summed E-state index contributed by atoms with van der Waals surface area (Å²) in [6, 6.07) is 11.0. The summed E-state index contributed by atoms with van der Waals surface area (Å²) >= 11 is 0. The topological polar surface area (TPSA) is 104 Å². The molecule has 1 amide bonds. The average molecular weight is 424 g/mol. The Bertz CT molecular complexity index is 1120. The highest BCUT2D eigenvalue weighted by Crippen LogP contribution is 2.30. The number of carbonyl (C=O) groups excluding carboxylic acids is 1. The van der Waals surface area contributed by atoms with Gasteiger partial charge in [0.2, 0.25) is 15.9 Å². The normalized spacial score (nSPS) is 16.2. The lowest BCUT2D eigenvalue weighted by molar-refractivity contribution is -0.116. The first kappa shape index (κ1) is 20.2. The minimum atomic E-state index is -3.98. The van der Waals surface area contributed by atoms with Gasteiger partial charge >= 0.3 is 0 Å². The molecule has 0 saturated carbocycles. The van der Waals surface area contributed by atoms with Crippen molar-refractivity contribution in [2.75, 3.05) is 33.8 Å². The maximum absolute atomic E-state index is 12.9. The second kappa shape index (κ2) is 7.10. The van der Waals surface area contributed by atoms with E-state index in [0.29, 0.717) is 15.6 Å². The SMILES string of the molecule is Cc1ccc(N2C(=O)CCS2(=O)=O)cc1S(=O)(=O)Nc1ccc(N(C)C)cc1. The molecule has 150 valence electrons. The third-order valence-corrected chi connectivity index (χ3v) is 7.62. The number of nitrogens with one attached hydrogen (secondary N) is 1. The molecule has 1 fully saturated rings. The number of amides is 1. The first-order valence-electron chi connectivity index (χ1n) is 8.48. The predicted octanol–water partition coefficient (Wildman–Crippen LogP) is 1.93. The average Bonchev–Trinajstić information content (AvgIpc) is 2.88. The van der Waals surface area contributed by atoms with Crippen LogP contribution in [0.4, 0.5) is 17.1 Å². The molecule has 0 bridgehead atoms. The molecule has 0 spiro atoms. The summed E-state index contributed by atoms with van der Waals surface area (Å²) in [7, 11) is -4.00. The Morgan fingerprint density at radius 2 is 1.71 bits per heavy atom. The highest BCUT2D eigenvalue weighted by atomic mass is 32.2. The standard InChI is InChI=1S/C18H21N3O5S2/c1-13-4-7-16(21-18(22)10-11-27(21,23)24)12-17(13)28(25,26)19-14-5-8-15(9-6-14)20(2)3/h4-9,12,19H,10-11H2,1-3H3. The van der Waals surface area contributed by atoms with Crippen molar-refractivity contribution in [3.63, 3.8) is 0 Å². The van der Waals surface area contributed by atoms with Gasteiger partial charge in [-0.3, -0.25) is 9.52 Å². The number of hydrogen-bond donors (Lipinski definition) is 1. The van der Waals surface area contributed by atoms with Gasteiger partial charge in [0.1, 0.15) is 0 Å². The number of anilines is 3. The van der Waals surface area contributed by atoms with E-state index in [0.717, 1.165) is 5.69 Å². The van der Waals surface area contributed by atoms with Crippen molar-refractivity contribution in [3.05, 3.63) is 48.0 Å². The van der Waals surface area contributed by atoms with Crippen molar-refractivity contribution in [1.82, 2.24) is 0 Å². The largest absolute Gasteiger partial charge is 0.378 e. The quantitative estimate of drug-likeness (QED) is 0.788. The zero-order chi connectivity index (χ0) is 20.7. The molecular formula is C18H21N3O5S2. The van der Waals surface area contributed by atoms with Gasteiger partial charge in [-0.25, -0.2) is 21.1 Å². The van der Waals surface area contributed by atoms with E-state index >= 15 is 0 Å². The fraction of sp³-hybridized carbons (Fsp3) is 0.278. The Kier molecular flexibility index (Phi) is 5.11. The van der Waals surface area contributed by atoms with Crippen LogP contribution in [0, 0.1) is 6.92 Å². The maximum atomic E-state index is 12.9. The molecule has 8 nitrogen and oxygen atoms in total. The Balaban J connectivity index is 1.97. The number of benzene rings is 2. The second-order valence-electron chi connectivity index (χ2n) is 6.72. The number of rotatable bonds is 5. The van der Waals surface area contributed by atoms with Crippen LogP contribution in [0.2, 0.25) is 0 Å². The van der Waals surface area contributed by atoms with Gasteiger partial charge in [0.05, 0.1) is 16.3 Å². The molecule has 0 aromatic heterocycles. The fourth-order valence-corrected chi connectivity index (χ4v) is 5.69. The van der Waals surface area contributed by atoms with E-state index in [4.69, 9.17) is 0 Å². The summed E-state index contributed by atoms with van der Waals surface area (Å²) in [5.41, 5.74) is 1.75. The molecule has 1 heterocycles. The minimum Gasteiger partial charge on any atom is -0.378 e. The number of sulfonamides is 2. The lowest BCUT2D eigenvalue weighted by atomic mass is 10.2. The Labute approximate surface area is 164 Å². The van der Waals surface area contributed by atoms with Crippen molar-refractivity contribution in [2.24, 2.45) is 0 Å². The van der Waals surface area contributed by atoms with Crippen LogP contribution >= 0.6 is 0 Å². The van der Waals surface area contributed by atoms with Crippen molar-refractivity contribution in [1.29, 1.82) is 0 Å². The fourth-order valence-electron chi connectivity index (χ4n) is 2.91. The van der Waals surface area contributed by atoms with Crippen LogP contribution in [0.1, 0.15) is 12.0 Å². The second-order valence-corrected chi connectivity index (χ2v) is 10.3. The molecule has 0 atom stereocenters. The van der Waals surface area contributed by atoms with Crippen LogP contribution in [0.15, 0.2) is 47.4 Å². The molecular weight excluding hydrogens is 402 g/mol. The third kappa shape index (κ3) is 3.83. The van der Waals surface area contributed by atoms with Gasteiger partial charge in [0, 0.05) is 31.9 Å². The van der Waals surface area contributed by atoms with Gasteiger partial charge in [-0.15, -0.1) is 0 Å². The summed E-state index contributed by atoms with van der Waals surface area (Å²) in [5.74, 6) is -0.849. The van der Waals surface area contributed by atoms with E-state index < -0.39 is 26.0 Å². The third-order valence-electron chi connectivity index (χ3n) is 4.41. The molecule has 1 N–H and O–H groups in total. The molecule has 3 rings (SSSR count). The number of carbonyl (C=O) groups is 1. The van der Waals surface area contributed by atoms with Crippen LogP contribution < -0.4 is 13.9 Å². The molecule has 1 aliphatic heterocycles. The summed E-state index contributed by atoms with van der Waals surface area (Å²) in [5, 5.41) is 0. The Hall–Kier alpha value is -2.59. The van der Waals surface area contributed by atoms with Gasteiger partial charge in [0.15, 0.2) is 0 Å². The first-order valence-corrected chi connectivity index (χ1v) is 11.6. The lowest BCUT2D eigenvalue weighted by Gasteiger charge is -2.18. The monoisotopic (exact) mass is 423 g/mol. The van der Waals surface area contributed by atoms with Crippen LogP contribution in [-0.4, -0.2) is 42.6 Å². The lowest BCUT2D eigenvalue weighted by Crippen LogP contribution is -2.29. The molecule has 10 heteroatoms. The maximum Gasteiger partial charge on any atom is 0.262 e. The van der Waals surface area contributed by atoms with Gasteiger partial charge in [-0.2, -0.15) is 0 Å². The van der Waals surface area contributed by atoms with Crippen molar-refractivity contribution in [3.8, 4) is 0 Å². The minimum absolute atomic E-state index is 0.0245. The summed E-state index contributed by atoms with van der Waals surface area (Å²) in [4.78, 5) is 13.8. The smallest absolute Gasteiger partial charge is 0.262 e. The van der Waals surface area contributed by atoms with Gasteiger partial charge in [0.25, 0.3) is 10.0 Å². The predicted molar refractivity (Wildman–Crippen MR) is 109 cm³/mol. The number of hydrogen-bond acceptors (Lipinski definition) is 6. The van der Waals surface area contributed by atoms with Crippen LogP contribution in [0.5, 0.6) is 0 Å². The van der Waals surface area contributed by atoms with E-state index in [1.807, 2.05) is 19.0 Å². The van der Waals surface area contributed by atoms with E-state index in [9.17, 15) is 21.6 Å². The summed E-state index contributed by atoms with van der Waals surface area (Å²) < 4.78 is 53.2. The molecule has 1 saturated heterocycles. The molecule has 1 aliphatic rings. The van der Waals surface area contributed by atoms with E-state index in [1.165, 1.54) is 18.2 Å². The summed E-state index contributed by atoms with van der Waals surface area (Å²) in [6.45, 7) is 1.60. The van der Waals surface area contributed by atoms with Crippen LogP contribution in [0.25, 0.3) is 0 Å². The Morgan fingerprint density at radius 3 is 2.25 bits per heavy atom. The van der Waals surface area contributed by atoms with E-state index in [2.05, 4.69) is 4.72 Å². The molecule has 2 aromatic rings. The Morgan fingerprint density at radius 1 is 1.07 bits per heavy atom. The number of nitrogens with zero attached hydrogens (tertiary/aromatic N) is 2. The van der Waals surface area contributed by atoms with Crippen LogP contribution in [-0.2, 0) is 24.8 Å².